The first-order chi connectivity index (χ1) is 15.9. The Labute approximate surface area is 197 Å². The molecular formula is C27H37N5O. The Morgan fingerprint density at radius 3 is 2.52 bits per heavy atom. The molecule has 2 heterocycles. The summed E-state index contributed by atoms with van der Waals surface area (Å²) < 4.78 is 2.00. The van der Waals surface area contributed by atoms with Gasteiger partial charge in [0.2, 0.25) is 5.91 Å². The SMILES string of the molecule is Cc1ccc(-n2cc3c(C)ccc(N4CCC(CCC(=O)NCCN(C)C)CC4)c3n2)cc1. The van der Waals surface area contributed by atoms with E-state index in [2.05, 4.69) is 71.6 Å². The van der Waals surface area contributed by atoms with Crippen molar-refractivity contribution in [3.63, 3.8) is 0 Å². The number of piperidine rings is 1. The van der Waals surface area contributed by atoms with Crippen LogP contribution < -0.4 is 10.2 Å². The Morgan fingerprint density at radius 2 is 1.82 bits per heavy atom. The monoisotopic (exact) mass is 447 g/mol. The smallest absolute Gasteiger partial charge is 0.220 e. The largest absolute Gasteiger partial charge is 0.370 e. The lowest BCUT2D eigenvalue weighted by Gasteiger charge is -2.33. The number of carbonyl (C=O) groups excluding carboxylic acids is 1. The summed E-state index contributed by atoms with van der Waals surface area (Å²) in [5, 5.41) is 9.23. The number of amides is 1. The van der Waals surface area contributed by atoms with Crippen LogP contribution in [0, 0.1) is 19.8 Å². The molecule has 1 N–H and O–H groups in total. The van der Waals surface area contributed by atoms with Gasteiger partial charge in [-0.3, -0.25) is 4.79 Å². The Balaban J connectivity index is 1.38. The molecule has 0 aliphatic carbocycles. The van der Waals surface area contributed by atoms with Crippen LogP contribution in [0.25, 0.3) is 16.6 Å². The van der Waals surface area contributed by atoms with E-state index in [1.54, 1.807) is 0 Å². The van der Waals surface area contributed by atoms with Crippen molar-refractivity contribution in [3.05, 3.63) is 53.7 Å². The van der Waals surface area contributed by atoms with Gasteiger partial charge in [-0.2, -0.15) is 5.10 Å². The zero-order valence-corrected chi connectivity index (χ0v) is 20.5. The topological polar surface area (TPSA) is 53.4 Å². The molecule has 6 heteroatoms. The molecule has 1 amide bonds. The molecule has 1 fully saturated rings. The van der Waals surface area contributed by atoms with E-state index in [1.807, 2.05) is 18.8 Å². The number of likely N-dealkylation sites (N-methyl/N-ethyl adjacent to an activating group) is 1. The summed E-state index contributed by atoms with van der Waals surface area (Å²) in [6.45, 7) is 7.90. The molecule has 6 nitrogen and oxygen atoms in total. The molecule has 2 aromatic carbocycles. The third kappa shape index (κ3) is 5.74. The van der Waals surface area contributed by atoms with Crippen LogP contribution in [0.5, 0.6) is 0 Å². The summed E-state index contributed by atoms with van der Waals surface area (Å²) in [5.74, 6) is 0.799. The molecule has 0 saturated carbocycles. The zero-order chi connectivity index (χ0) is 23.4. The first kappa shape index (κ1) is 23.3. The number of anilines is 1. The van der Waals surface area contributed by atoms with Gasteiger partial charge in [0.25, 0.3) is 0 Å². The first-order valence-corrected chi connectivity index (χ1v) is 12.1. The highest BCUT2D eigenvalue weighted by Crippen LogP contribution is 2.33. The van der Waals surface area contributed by atoms with Crippen molar-refractivity contribution < 1.29 is 4.79 Å². The second-order valence-electron chi connectivity index (χ2n) is 9.70. The van der Waals surface area contributed by atoms with E-state index < -0.39 is 0 Å². The maximum Gasteiger partial charge on any atom is 0.220 e. The van der Waals surface area contributed by atoms with E-state index >= 15 is 0 Å². The van der Waals surface area contributed by atoms with Crippen LogP contribution in [0.15, 0.2) is 42.6 Å². The maximum atomic E-state index is 12.1. The number of hydrogen-bond donors (Lipinski definition) is 1. The first-order valence-electron chi connectivity index (χ1n) is 12.1. The number of aromatic nitrogens is 2. The van der Waals surface area contributed by atoms with Crippen molar-refractivity contribution in [2.45, 2.75) is 39.5 Å². The fourth-order valence-corrected chi connectivity index (χ4v) is 4.61. The quantitative estimate of drug-likeness (QED) is 0.559. The van der Waals surface area contributed by atoms with E-state index in [-0.39, 0.29) is 5.91 Å². The molecule has 4 rings (SSSR count). The standard InChI is InChI=1S/C27H37N5O/c1-20-5-9-23(10-6-20)32-19-24-21(2)7-11-25(27(24)29-32)31-16-13-22(14-17-31)8-12-26(33)28-15-18-30(3)4/h5-7,9-11,19,22H,8,12-18H2,1-4H3,(H,28,33). The van der Waals surface area contributed by atoms with Gasteiger partial charge in [0.05, 0.1) is 11.4 Å². The minimum Gasteiger partial charge on any atom is -0.370 e. The number of hydrogen-bond acceptors (Lipinski definition) is 4. The molecule has 1 aliphatic heterocycles. The van der Waals surface area contributed by atoms with Crippen LogP contribution in [-0.2, 0) is 4.79 Å². The van der Waals surface area contributed by atoms with Crippen LogP contribution in [0.4, 0.5) is 5.69 Å². The third-order valence-corrected chi connectivity index (χ3v) is 6.79. The van der Waals surface area contributed by atoms with Crippen LogP contribution in [-0.4, -0.2) is 60.9 Å². The van der Waals surface area contributed by atoms with Crippen LogP contribution in [0.3, 0.4) is 0 Å². The number of carbonyl (C=O) groups is 1. The Bertz CT molecular complexity index is 1080. The molecule has 0 bridgehead atoms. The fraction of sp³-hybridized carbons (Fsp3) is 0.481. The van der Waals surface area contributed by atoms with Crippen molar-refractivity contribution >= 4 is 22.5 Å². The predicted octanol–water partition coefficient (Wildman–Crippen LogP) is 4.32. The molecule has 33 heavy (non-hydrogen) atoms. The number of benzene rings is 2. The molecule has 3 aromatic rings. The summed E-state index contributed by atoms with van der Waals surface area (Å²) >= 11 is 0. The van der Waals surface area contributed by atoms with Gasteiger partial charge in [0.15, 0.2) is 0 Å². The number of aryl methyl sites for hydroxylation is 2. The summed E-state index contributed by atoms with van der Waals surface area (Å²) in [6, 6.07) is 12.9. The fourth-order valence-electron chi connectivity index (χ4n) is 4.61. The molecule has 1 aromatic heterocycles. The minimum atomic E-state index is 0.182. The van der Waals surface area contributed by atoms with Gasteiger partial charge < -0.3 is 15.1 Å². The highest BCUT2D eigenvalue weighted by molar-refractivity contribution is 5.93. The summed E-state index contributed by atoms with van der Waals surface area (Å²) in [6.07, 6.45) is 6.01. The average Bonchev–Trinajstić information content (AvgIpc) is 3.25. The van der Waals surface area contributed by atoms with Crippen LogP contribution in [0.2, 0.25) is 0 Å². The van der Waals surface area contributed by atoms with Crippen molar-refractivity contribution in [2.24, 2.45) is 5.92 Å². The number of rotatable bonds is 8. The van der Waals surface area contributed by atoms with Gasteiger partial charge in [0, 0.05) is 44.2 Å². The van der Waals surface area contributed by atoms with Crippen LogP contribution in [0.1, 0.15) is 36.8 Å². The van der Waals surface area contributed by atoms with Crippen molar-refractivity contribution in [2.75, 3.05) is 45.2 Å². The number of nitrogens with one attached hydrogen (secondary N) is 1. The van der Waals surface area contributed by atoms with Gasteiger partial charge in [-0.1, -0.05) is 23.8 Å². The van der Waals surface area contributed by atoms with E-state index in [1.165, 1.54) is 22.2 Å². The molecule has 1 saturated heterocycles. The highest BCUT2D eigenvalue weighted by atomic mass is 16.1. The Hall–Kier alpha value is -2.86. The lowest BCUT2D eigenvalue weighted by Crippen LogP contribution is -2.35. The maximum absolute atomic E-state index is 12.1. The van der Waals surface area contributed by atoms with Crippen molar-refractivity contribution in [1.82, 2.24) is 20.0 Å². The normalized spacial score (nSPS) is 14.9. The van der Waals surface area contributed by atoms with Gasteiger partial charge in [-0.05, 0) is 76.9 Å². The second kappa shape index (κ2) is 10.4. The summed E-state index contributed by atoms with van der Waals surface area (Å²) in [7, 11) is 4.05. The number of nitrogens with zero attached hydrogens (tertiary/aromatic N) is 4. The number of fused-ring (bicyclic) bond motifs is 1. The Morgan fingerprint density at radius 1 is 1.09 bits per heavy atom. The zero-order valence-electron chi connectivity index (χ0n) is 20.5. The lowest BCUT2D eigenvalue weighted by atomic mass is 9.91. The van der Waals surface area contributed by atoms with E-state index in [4.69, 9.17) is 5.10 Å². The molecular weight excluding hydrogens is 410 g/mol. The lowest BCUT2D eigenvalue weighted by molar-refractivity contribution is -0.121. The molecule has 176 valence electrons. The van der Waals surface area contributed by atoms with Crippen LogP contribution >= 0.6 is 0 Å². The van der Waals surface area contributed by atoms with Crippen molar-refractivity contribution in [3.8, 4) is 5.69 Å². The van der Waals surface area contributed by atoms with Gasteiger partial charge in [-0.25, -0.2) is 4.68 Å². The van der Waals surface area contributed by atoms with Gasteiger partial charge in [-0.15, -0.1) is 0 Å². The average molecular weight is 448 g/mol. The van der Waals surface area contributed by atoms with Gasteiger partial charge >= 0.3 is 0 Å². The second-order valence-corrected chi connectivity index (χ2v) is 9.70. The molecule has 0 atom stereocenters. The summed E-state index contributed by atoms with van der Waals surface area (Å²) in [4.78, 5) is 16.7. The van der Waals surface area contributed by atoms with E-state index in [0.717, 1.165) is 56.6 Å². The molecule has 0 unspecified atom stereocenters. The summed E-state index contributed by atoms with van der Waals surface area (Å²) in [5.41, 5.74) is 5.89. The minimum absolute atomic E-state index is 0.182. The molecule has 1 aliphatic rings. The van der Waals surface area contributed by atoms with E-state index in [9.17, 15) is 4.79 Å². The molecule has 0 spiro atoms. The Kier molecular flexibility index (Phi) is 7.33. The predicted molar refractivity (Wildman–Crippen MR) is 136 cm³/mol. The van der Waals surface area contributed by atoms with Gasteiger partial charge in [0.1, 0.15) is 5.52 Å². The highest BCUT2D eigenvalue weighted by Gasteiger charge is 2.22. The third-order valence-electron chi connectivity index (χ3n) is 6.79. The molecule has 0 radical (unpaired) electrons. The van der Waals surface area contributed by atoms with Crippen molar-refractivity contribution in [1.29, 1.82) is 0 Å². The van der Waals surface area contributed by atoms with E-state index in [0.29, 0.717) is 12.3 Å².